The summed E-state index contributed by atoms with van der Waals surface area (Å²) in [6.07, 6.45) is 2.34. The van der Waals surface area contributed by atoms with Crippen molar-refractivity contribution >= 4 is 0 Å². The molecule has 0 radical (unpaired) electrons. The Bertz CT molecular complexity index is 361. The highest BCUT2D eigenvalue weighted by molar-refractivity contribution is 5.21. The molecule has 0 spiro atoms. The van der Waals surface area contributed by atoms with E-state index in [-0.39, 0.29) is 0 Å². The third kappa shape index (κ3) is 5.31. The van der Waals surface area contributed by atoms with Gasteiger partial charge in [0.2, 0.25) is 0 Å². The molecule has 0 amide bonds. The van der Waals surface area contributed by atoms with Crippen molar-refractivity contribution < 1.29 is 0 Å². The van der Waals surface area contributed by atoms with Gasteiger partial charge in [-0.1, -0.05) is 29.8 Å². The fourth-order valence-electron chi connectivity index (χ4n) is 2.57. The van der Waals surface area contributed by atoms with Crippen LogP contribution in [0.5, 0.6) is 0 Å². The zero-order valence-electron chi connectivity index (χ0n) is 12.3. The van der Waals surface area contributed by atoms with Crippen LogP contribution in [0, 0.1) is 6.92 Å². The lowest BCUT2D eigenvalue weighted by atomic mass is 10.1. The SMILES string of the molecule is Cc1ccc(CCNCCC2CN(C)CCN2)cc1. The molecule has 0 aromatic heterocycles. The molecule has 0 saturated carbocycles. The maximum Gasteiger partial charge on any atom is 0.0207 e. The minimum Gasteiger partial charge on any atom is -0.316 e. The second-order valence-electron chi connectivity index (χ2n) is 5.69. The monoisotopic (exact) mass is 261 g/mol. The van der Waals surface area contributed by atoms with Crippen LogP contribution in [0.1, 0.15) is 17.5 Å². The van der Waals surface area contributed by atoms with E-state index in [4.69, 9.17) is 0 Å². The normalized spacial score (nSPS) is 20.6. The molecule has 2 rings (SSSR count). The molecule has 3 nitrogen and oxygen atoms in total. The lowest BCUT2D eigenvalue weighted by Crippen LogP contribution is -2.49. The smallest absolute Gasteiger partial charge is 0.0207 e. The van der Waals surface area contributed by atoms with Crippen molar-refractivity contribution in [2.75, 3.05) is 39.8 Å². The minimum atomic E-state index is 0.658. The Kier molecular flexibility index (Phi) is 5.83. The van der Waals surface area contributed by atoms with E-state index >= 15 is 0 Å². The Labute approximate surface area is 117 Å². The van der Waals surface area contributed by atoms with E-state index in [1.165, 1.54) is 30.6 Å². The predicted molar refractivity (Wildman–Crippen MR) is 81.7 cm³/mol. The molecule has 1 aromatic carbocycles. The van der Waals surface area contributed by atoms with Crippen molar-refractivity contribution in [1.82, 2.24) is 15.5 Å². The Morgan fingerprint density at radius 1 is 1.26 bits per heavy atom. The molecule has 0 aliphatic carbocycles. The summed E-state index contributed by atoms with van der Waals surface area (Å²) >= 11 is 0. The zero-order chi connectivity index (χ0) is 13.5. The highest BCUT2D eigenvalue weighted by atomic mass is 15.2. The van der Waals surface area contributed by atoms with Crippen molar-refractivity contribution in [3.63, 3.8) is 0 Å². The van der Waals surface area contributed by atoms with Gasteiger partial charge in [-0.15, -0.1) is 0 Å². The van der Waals surface area contributed by atoms with Crippen LogP contribution >= 0.6 is 0 Å². The number of rotatable bonds is 6. The molecule has 106 valence electrons. The molecule has 1 fully saturated rings. The van der Waals surface area contributed by atoms with Crippen LogP contribution in [-0.2, 0) is 6.42 Å². The van der Waals surface area contributed by atoms with Crippen LogP contribution in [0.25, 0.3) is 0 Å². The number of likely N-dealkylation sites (N-methyl/N-ethyl adjacent to an activating group) is 1. The fraction of sp³-hybridized carbons (Fsp3) is 0.625. The quantitative estimate of drug-likeness (QED) is 0.759. The molecular weight excluding hydrogens is 234 g/mol. The van der Waals surface area contributed by atoms with Gasteiger partial charge in [0.1, 0.15) is 0 Å². The predicted octanol–water partition coefficient (Wildman–Crippen LogP) is 1.42. The van der Waals surface area contributed by atoms with E-state index in [2.05, 4.69) is 53.8 Å². The molecule has 2 N–H and O–H groups in total. The Morgan fingerprint density at radius 3 is 2.79 bits per heavy atom. The summed E-state index contributed by atoms with van der Waals surface area (Å²) in [5.74, 6) is 0. The molecule has 1 heterocycles. The summed E-state index contributed by atoms with van der Waals surface area (Å²) in [5.41, 5.74) is 2.76. The largest absolute Gasteiger partial charge is 0.316 e. The van der Waals surface area contributed by atoms with Crippen molar-refractivity contribution in [3.8, 4) is 0 Å². The third-order valence-electron chi connectivity index (χ3n) is 3.84. The minimum absolute atomic E-state index is 0.658. The molecule has 0 bridgehead atoms. The van der Waals surface area contributed by atoms with E-state index in [0.717, 1.165) is 26.1 Å². The van der Waals surface area contributed by atoms with Crippen molar-refractivity contribution in [3.05, 3.63) is 35.4 Å². The summed E-state index contributed by atoms with van der Waals surface area (Å²) in [5, 5.41) is 7.13. The van der Waals surface area contributed by atoms with Crippen LogP contribution in [0.3, 0.4) is 0 Å². The maximum atomic E-state index is 3.58. The van der Waals surface area contributed by atoms with Gasteiger partial charge in [0.15, 0.2) is 0 Å². The number of hydrogen-bond donors (Lipinski definition) is 2. The van der Waals surface area contributed by atoms with E-state index in [1.807, 2.05) is 0 Å². The lowest BCUT2D eigenvalue weighted by molar-refractivity contribution is 0.231. The van der Waals surface area contributed by atoms with Crippen molar-refractivity contribution in [2.24, 2.45) is 0 Å². The van der Waals surface area contributed by atoms with Gasteiger partial charge in [0.25, 0.3) is 0 Å². The maximum absolute atomic E-state index is 3.58. The number of aryl methyl sites for hydroxylation is 1. The first-order chi connectivity index (χ1) is 9.24. The summed E-state index contributed by atoms with van der Waals surface area (Å²) in [6, 6.07) is 9.50. The highest BCUT2D eigenvalue weighted by Crippen LogP contribution is 2.03. The Morgan fingerprint density at radius 2 is 2.05 bits per heavy atom. The van der Waals surface area contributed by atoms with Gasteiger partial charge in [-0.3, -0.25) is 0 Å². The van der Waals surface area contributed by atoms with Crippen LogP contribution in [0.15, 0.2) is 24.3 Å². The first-order valence-electron chi connectivity index (χ1n) is 7.42. The number of nitrogens with zero attached hydrogens (tertiary/aromatic N) is 1. The van der Waals surface area contributed by atoms with Gasteiger partial charge in [-0.2, -0.15) is 0 Å². The van der Waals surface area contributed by atoms with Crippen molar-refractivity contribution in [2.45, 2.75) is 25.8 Å². The molecule has 1 aliphatic heterocycles. The Balaban J connectivity index is 1.55. The van der Waals surface area contributed by atoms with Gasteiger partial charge in [-0.25, -0.2) is 0 Å². The molecule has 19 heavy (non-hydrogen) atoms. The summed E-state index contributed by atoms with van der Waals surface area (Å²) in [6.45, 7) is 7.81. The molecule has 1 saturated heterocycles. The number of nitrogens with one attached hydrogen (secondary N) is 2. The zero-order valence-corrected chi connectivity index (χ0v) is 12.3. The molecule has 1 aliphatic rings. The van der Waals surface area contributed by atoms with Crippen LogP contribution in [-0.4, -0.2) is 50.7 Å². The lowest BCUT2D eigenvalue weighted by Gasteiger charge is -2.30. The highest BCUT2D eigenvalue weighted by Gasteiger charge is 2.15. The van der Waals surface area contributed by atoms with Gasteiger partial charge in [-0.05, 0) is 45.5 Å². The van der Waals surface area contributed by atoms with Gasteiger partial charge in [0, 0.05) is 25.7 Å². The number of piperazine rings is 1. The molecule has 1 aromatic rings. The van der Waals surface area contributed by atoms with Gasteiger partial charge >= 0.3 is 0 Å². The summed E-state index contributed by atoms with van der Waals surface area (Å²) in [4.78, 5) is 2.41. The van der Waals surface area contributed by atoms with Gasteiger partial charge in [0.05, 0.1) is 0 Å². The van der Waals surface area contributed by atoms with Gasteiger partial charge < -0.3 is 15.5 Å². The van der Waals surface area contributed by atoms with Crippen LogP contribution in [0.2, 0.25) is 0 Å². The van der Waals surface area contributed by atoms with Crippen molar-refractivity contribution in [1.29, 1.82) is 0 Å². The fourth-order valence-corrected chi connectivity index (χ4v) is 2.57. The van der Waals surface area contributed by atoms with Crippen LogP contribution in [0.4, 0.5) is 0 Å². The average Bonchev–Trinajstić information content (AvgIpc) is 2.41. The summed E-state index contributed by atoms with van der Waals surface area (Å²) < 4.78 is 0. The topological polar surface area (TPSA) is 27.3 Å². The second-order valence-corrected chi connectivity index (χ2v) is 5.69. The Hall–Kier alpha value is -0.900. The van der Waals surface area contributed by atoms with E-state index in [9.17, 15) is 0 Å². The van der Waals surface area contributed by atoms with Crippen LogP contribution < -0.4 is 10.6 Å². The van der Waals surface area contributed by atoms with E-state index < -0.39 is 0 Å². The van der Waals surface area contributed by atoms with E-state index in [0.29, 0.717) is 6.04 Å². The summed E-state index contributed by atoms with van der Waals surface area (Å²) in [7, 11) is 2.21. The number of benzene rings is 1. The first-order valence-corrected chi connectivity index (χ1v) is 7.42. The van der Waals surface area contributed by atoms with E-state index in [1.54, 1.807) is 0 Å². The standard InChI is InChI=1S/C16H27N3/c1-14-3-5-15(6-4-14)7-9-17-10-8-16-13-19(2)12-11-18-16/h3-6,16-18H,7-13H2,1-2H3. The third-order valence-corrected chi connectivity index (χ3v) is 3.84. The molecule has 3 heteroatoms. The second kappa shape index (κ2) is 7.63. The molecular formula is C16H27N3. The molecule has 1 atom stereocenters. The average molecular weight is 261 g/mol. The number of hydrogen-bond acceptors (Lipinski definition) is 3. The molecule has 1 unspecified atom stereocenters. The first kappa shape index (κ1) is 14.5.